The molecule has 0 heterocycles. The molecule has 0 saturated heterocycles. The minimum Gasteiger partial charge on any atom is -0.450 e. The number of rotatable bonds is 0. The van der Waals surface area contributed by atoms with Crippen molar-refractivity contribution < 1.29 is 15.0 Å². The van der Waals surface area contributed by atoms with E-state index in [1.807, 2.05) is 0 Å². The van der Waals surface area contributed by atoms with Crippen molar-refractivity contribution in [3.63, 3.8) is 0 Å². The van der Waals surface area contributed by atoms with E-state index in [2.05, 4.69) is 0 Å². The zero-order chi connectivity index (χ0) is 3.58. The summed E-state index contributed by atoms with van der Waals surface area (Å²) in [6, 6.07) is 0. The van der Waals surface area contributed by atoms with Crippen LogP contribution in [0.3, 0.4) is 0 Å². The van der Waals surface area contributed by atoms with Crippen LogP contribution in [-0.4, -0.2) is 133 Å². The average molecular weight is 233 g/mol. The normalized spacial score (nSPS) is 4.00. The van der Waals surface area contributed by atoms with Gasteiger partial charge in [-0.2, -0.15) is 0 Å². The van der Waals surface area contributed by atoms with Crippen LogP contribution in [0.15, 0.2) is 0 Å². The van der Waals surface area contributed by atoms with Gasteiger partial charge in [0.25, 0.3) is 0 Å². The van der Waals surface area contributed by atoms with Gasteiger partial charge >= 0.3 is 6.16 Å². The summed E-state index contributed by atoms with van der Waals surface area (Å²) in [4.78, 5) is 8.56. The maximum Gasteiger partial charge on any atom is 0.503 e. The maximum absolute atomic E-state index is 8.56. The monoisotopic (exact) mass is 232 g/mol. The Labute approximate surface area is 133 Å². The summed E-state index contributed by atoms with van der Waals surface area (Å²) in [5.74, 6) is 0. The number of carbonyl (C=O) groups is 1. The van der Waals surface area contributed by atoms with Gasteiger partial charge in [-0.3, -0.25) is 0 Å². The summed E-state index contributed by atoms with van der Waals surface area (Å²) < 4.78 is 0. The molecule has 6 heavy (non-hydrogen) atoms. The van der Waals surface area contributed by atoms with Gasteiger partial charge < -0.3 is 10.2 Å². The van der Waals surface area contributed by atoms with Crippen molar-refractivity contribution in [2.75, 3.05) is 0 Å². The Bertz CT molecular complexity index is 31.8. The van der Waals surface area contributed by atoms with Crippen LogP contribution in [0, 0.1) is 0 Å². The molecule has 0 aliphatic carbocycles. The third kappa shape index (κ3) is 28.7. The van der Waals surface area contributed by atoms with Gasteiger partial charge in [-0.15, -0.1) is 0 Å². The van der Waals surface area contributed by atoms with Gasteiger partial charge in [0, 0.05) is 116 Å². The van der Waals surface area contributed by atoms with Crippen LogP contribution in [-0.2, 0) is 0 Å². The van der Waals surface area contributed by atoms with E-state index in [4.69, 9.17) is 15.0 Å². The Balaban J connectivity index is -0.0000000450. The third-order valence-electron chi connectivity index (χ3n) is 0. The molecule has 0 atom stereocenters. The first kappa shape index (κ1) is 15.9. The van der Waals surface area contributed by atoms with E-state index in [1.165, 1.54) is 0 Å². The number of carboxylic acid groups (broad SMARTS) is 2. The van der Waals surface area contributed by atoms with E-state index in [0.717, 1.165) is 0 Å². The van der Waals surface area contributed by atoms with Gasteiger partial charge in [-0.1, -0.05) is 0 Å². The van der Waals surface area contributed by atoms with E-state index in [1.54, 1.807) is 0 Å². The van der Waals surface area contributed by atoms with Crippen molar-refractivity contribution in [2.24, 2.45) is 0 Å². The Morgan fingerprint density at radius 1 is 1.17 bits per heavy atom. The van der Waals surface area contributed by atoms with E-state index in [9.17, 15) is 0 Å². The molecule has 0 bridgehead atoms. The Hall–Kier alpha value is 2.88. The molecule has 0 aromatic rings. The molecule has 3 nitrogen and oxygen atoms in total. The van der Waals surface area contributed by atoms with Gasteiger partial charge in [0.1, 0.15) is 0 Å². The predicted octanol–water partition coefficient (Wildman–Crippen LogP) is -0.539. The maximum atomic E-state index is 8.56. The Morgan fingerprint density at radius 2 is 1.17 bits per heavy atom. The van der Waals surface area contributed by atoms with Gasteiger partial charge in [0.15, 0.2) is 0 Å². The third-order valence-corrected chi connectivity index (χ3v) is 0. The molecule has 26 valence electrons. The minimum absolute atomic E-state index is 0. The first-order valence-electron chi connectivity index (χ1n) is 0.651. The quantitative estimate of drug-likeness (QED) is 0.590. The molecule has 0 saturated carbocycles. The summed E-state index contributed by atoms with van der Waals surface area (Å²) >= 11 is 0. The zero-order valence-electron chi connectivity index (χ0n) is 3.80. The summed E-state index contributed by atoms with van der Waals surface area (Å²) in [5, 5.41) is 13.9. The zero-order valence-corrected chi connectivity index (χ0v) is 13.6. The number of hydrogen-bond acceptors (Lipinski definition) is 1. The molecular weight excluding hydrogens is 231 g/mol. The van der Waals surface area contributed by atoms with Crippen molar-refractivity contribution in [1.82, 2.24) is 0 Å². The van der Waals surface area contributed by atoms with Crippen LogP contribution >= 0.6 is 0 Å². The molecule has 0 fully saturated rings. The molecule has 0 aliphatic heterocycles. The van der Waals surface area contributed by atoms with Crippen LogP contribution in [0.25, 0.3) is 0 Å². The molecule has 0 aromatic carbocycles. The Morgan fingerprint density at radius 3 is 1.17 bits per heavy atom. The van der Waals surface area contributed by atoms with Crippen molar-refractivity contribution in [3.05, 3.63) is 0 Å². The molecule has 0 spiro atoms. The molecule has 0 unspecified atom stereocenters. The Kier molecular flexibility index (Phi) is 28.7. The second-order valence-corrected chi connectivity index (χ2v) is 0.283. The van der Waals surface area contributed by atoms with E-state index >= 15 is 0 Å². The number of hydrogen-bond donors (Lipinski definition) is 2. The fourth-order valence-corrected chi connectivity index (χ4v) is 0. The van der Waals surface area contributed by atoms with Crippen molar-refractivity contribution in [1.29, 1.82) is 0 Å². The molecular formula is CH2O3Rb2. The molecule has 0 aromatic heterocycles. The first-order chi connectivity index (χ1) is 1.73. The fourth-order valence-electron chi connectivity index (χ4n) is 0. The van der Waals surface area contributed by atoms with Crippen LogP contribution in [0.5, 0.6) is 0 Å². The minimum atomic E-state index is -1.83. The van der Waals surface area contributed by atoms with E-state index < -0.39 is 6.16 Å². The summed E-state index contributed by atoms with van der Waals surface area (Å²) in [6.45, 7) is 0. The molecule has 0 amide bonds. The second-order valence-electron chi connectivity index (χ2n) is 0.283. The van der Waals surface area contributed by atoms with Crippen LogP contribution in [0.4, 0.5) is 4.79 Å². The first-order valence-corrected chi connectivity index (χ1v) is 0.651. The van der Waals surface area contributed by atoms with Gasteiger partial charge in [-0.25, -0.2) is 4.79 Å². The summed E-state index contributed by atoms with van der Waals surface area (Å²) in [6.07, 6.45) is -1.83. The van der Waals surface area contributed by atoms with Gasteiger partial charge in [0.2, 0.25) is 0 Å². The predicted molar refractivity (Wildman–Crippen MR) is 22.2 cm³/mol. The van der Waals surface area contributed by atoms with Crippen molar-refractivity contribution in [3.8, 4) is 0 Å². The molecule has 0 aliphatic rings. The summed E-state index contributed by atoms with van der Waals surface area (Å²) in [7, 11) is 0. The molecule has 2 radical (unpaired) electrons. The smallest absolute Gasteiger partial charge is 0.450 e. The van der Waals surface area contributed by atoms with Gasteiger partial charge in [0.05, 0.1) is 0 Å². The van der Waals surface area contributed by atoms with Gasteiger partial charge in [-0.05, 0) is 0 Å². The van der Waals surface area contributed by atoms with E-state index in [-0.39, 0.29) is 116 Å². The topological polar surface area (TPSA) is 57.5 Å². The van der Waals surface area contributed by atoms with Crippen molar-refractivity contribution in [2.45, 2.75) is 0 Å². The SMILES string of the molecule is O=C(O)O.[Rb].[Rb]. The van der Waals surface area contributed by atoms with E-state index in [0.29, 0.717) is 0 Å². The van der Waals surface area contributed by atoms with Crippen molar-refractivity contribution >= 4 is 123 Å². The second kappa shape index (κ2) is 10.8. The largest absolute Gasteiger partial charge is 0.503 e. The summed E-state index contributed by atoms with van der Waals surface area (Å²) in [5.41, 5.74) is 0. The molecule has 0 rings (SSSR count). The fraction of sp³-hybridized carbons (Fsp3) is 0. The van der Waals surface area contributed by atoms with Crippen LogP contribution in [0.1, 0.15) is 0 Å². The van der Waals surface area contributed by atoms with Crippen LogP contribution < -0.4 is 0 Å². The van der Waals surface area contributed by atoms with Crippen LogP contribution in [0.2, 0.25) is 0 Å². The molecule has 2 N–H and O–H groups in total. The average Bonchev–Trinajstić information content (AvgIpc) is 0.811. The molecule has 5 heteroatoms. The standard InChI is InChI=1S/CH2O3.2Rb/c2-1(3)4;;/h(H2,2,3,4);;.